The van der Waals surface area contributed by atoms with E-state index in [1.165, 1.54) is 23.0 Å². The molecule has 2 aromatic heterocycles. The molecule has 3 aromatic rings. The van der Waals surface area contributed by atoms with E-state index in [1.54, 1.807) is 24.4 Å². The zero-order valence-electron chi connectivity index (χ0n) is 9.69. The number of aromatic nitrogens is 3. The summed E-state index contributed by atoms with van der Waals surface area (Å²) < 4.78 is 1.40. The molecule has 0 atom stereocenters. The first-order valence-corrected chi connectivity index (χ1v) is 5.52. The van der Waals surface area contributed by atoms with Crippen LogP contribution in [0, 0.1) is 0 Å². The van der Waals surface area contributed by atoms with Gasteiger partial charge in [-0.15, -0.1) is 0 Å². The fourth-order valence-electron chi connectivity index (χ4n) is 1.87. The molecule has 0 amide bonds. The van der Waals surface area contributed by atoms with Crippen molar-refractivity contribution in [3.63, 3.8) is 0 Å². The van der Waals surface area contributed by atoms with Gasteiger partial charge in [0.2, 0.25) is 0 Å². The van der Waals surface area contributed by atoms with Crippen molar-refractivity contribution >= 4 is 16.9 Å². The standard InChI is InChI=1S/C13H9N3O3/c17-9-3-4-11-8(6-9)7-16(15-11)12-10(13(18)19)2-1-5-14-12/h1-7,17H,(H,18,19). The Labute approximate surface area is 107 Å². The Balaban J connectivity index is 2.22. The lowest BCUT2D eigenvalue weighted by Crippen LogP contribution is -2.07. The number of hydrogen-bond acceptors (Lipinski definition) is 4. The first kappa shape index (κ1) is 11.2. The van der Waals surface area contributed by atoms with Crippen LogP contribution in [-0.2, 0) is 0 Å². The molecule has 3 rings (SSSR count). The number of aromatic hydroxyl groups is 1. The second-order valence-electron chi connectivity index (χ2n) is 4.00. The third-order valence-electron chi connectivity index (χ3n) is 2.72. The van der Waals surface area contributed by atoms with E-state index < -0.39 is 5.97 Å². The zero-order valence-corrected chi connectivity index (χ0v) is 9.69. The zero-order chi connectivity index (χ0) is 13.4. The minimum absolute atomic E-state index is 0.0690. The number of rotatable bonds is 2. The van der Waals surface area contributed by atoms with Crippen molar-refractivity contribution in [2.24, 2.45) is 0 Å². The van der Waals surface area contributed by atoms with Gasteiger partial charge in [0, 0.05) is 17.8 Å². The normalized spacial score (nSPS) is 10.7. The van der Waals surface area contributed by atoms with Crippen LogP contribution in [0.1, 0.15) is 10.4 Å². The summed E-state index contributed by atoms with van der Waals surface area (Å²) >= 11 is 0. The maximum atomic E-state index is 11.1. The van der Waals surface area contributed by atoms with Crippen molar-refractivity contribution in [2.45, 2.75) is 0 Å². The minimum Gasteiger partial charge on any atom is -0.508 e. The number of carboxylic acid groups (broad SMARTS) is 1. The average molecular weight is 255 g/mol. The number of fused-ring (bicyclic) bond motifs is 1. The SMILES string of the molecule is O=C(O)c1cccnc1-n1cc2cc(O)ccc2n1. The van der Waals surface area contributed by atoms with E-state index in [0.29, 0.717) is 10.9 Å². The highest BCUT2D eigenvalue weighted by Gasteiger charge is 2.13. The Hall–Kier alpha value is -2.89. The quantitative estimate of drug-likeness (QED) is 0.729. The monoisotopic (exact) mass is 255 g/mol. The lowest BCUT2D eigenvalue weighted by Gasteiger charge is -2.03. The summed E-state index contributed by atoms with van der Waals surface area (Å²) in [6, 6.07) is 7.76. The van der Waals surface area contributed by atoms with Crippen molar-refractivity contribution in [3.05, 3.63) is 48.3 Å². The van der Waals surface area contributed by atoms with Crippen LogP contribution in [0.15, 0.2) is 42.7 Å². The third kappa shape index (κ3) is 1.89. The highest BCUT2D eigenvalue weighted by Crippen LogP contribution is 2.20. The van der Waals surface area contributed by atoms with Gasteiger partial charge in [-0.05, 0) is 30.3 Å². The van der Waals surface area contributed by atoms with Gasteiger partial charge in [0.25, 0.3) is 0 Å². The average Bonchev–Trinajstić information content (AvgIpc) is 2.81. The highest BCUT2D eigenvalue weighted by molar-refractivity contribution is 5.91. The van der Waals surface area contributed by atoms with Gasteiger partial charge in [0.05, 0.1) is 5.52 Å². The van der Waals surface area contributed by atoms with Crippen LogP contribution in [0.4, 0.5) is 0 Å². The molecule has 6 nitrogen and oxygen atoms in total. The summed E-state index contributed by atoms with van der Waals surface area (Å²) in [5.41, 5.74) is 0.722. The molecule has 0 saturated heterocycles. The summed E-state index contributed by atoms with van der Waals surface area (Å²) in [5.74, 6) is -0.692. The number of pyridine rings is 1. The number of nitrogens with zero attached hydrogens (tertiary/aromatic N) is 3. The van der Waals surface area contributed by atoms with Gasteiger partial charge in [-0.2, -0.15) is 5.10 Å². The molecule has 19 heavy (non-hydrogen) atoms. The molecule has 0 fully saturated rings. The van der Waals surface area contributed by atoms with Gasteiger partial charge in [0.15, 0.2) is 5.82 Å². The highest BCUT2D eigenvalue weighted by atomic mass is 16.4. The first-order chi connectivity index (χ1) is 9.15. The van der Waals surface area contributed by atoms with E-state index in [1.807, 2.05) is 0 Å². The smallest absolute Gasteiger partial charge is 0.339 e. The third-order valence-corrected chi connectivity index (χ3v) is 2.72. The van der Waals surface area contributed by atoms with E-state index in [4.69, 9.17) is 5.11 Å². The molecule has 0 aliphatic rings. The second-order valence-corrected chi connectivity index (χ2v) is 4.00. The molecular weight excluding hydrogens is 246 g/mol. The largest absolute Gasteiger partial charge is 0.508 e. The van der Waals surface area contributed by atoms with E-state index >= 15 is 0 Å². The molecule has 94 valence electrons. The first-order valence-electron chi connectivity index (χ1n) is 5.52. The van der Waals surface area contributed by atoms with Crippen LogP contribution in [0.5, 0.6) is 5.75 Å². The fourth-order valence-corrected chi connectivity index (χ4v) is 1.87. The van der Waals surface area contributed by atoms with Crippen LogP contribution in [0.3, 0.4) is 0 Å². The van der Waals surface area contributed by atoms with Gasteiger partial charge in [-0.1, -0.05) is 0 Å². The van der Waals surface area contributed by atoms with E-state index in [0.717, 1.165) is 0 Å². The van der Waals surface area contributed by atoms with Gasteiger partial charge in [0.1, 0.15) is 11.3 Å². The molecule has 0 aliphatic heterocycles. The molecule has 2 N–H and O–H groups in total. The lowest BCUT2D eigenvalue weighted by atomic mass is 10.2. The van der Waals surface area contributed by atoms with Crippen LogP contribution >= 0.6 is 0 Å². The van der Waals surface area contributed by atoms with Gasteiger partial charge in [-0.3, -0.25) is 0 Å². The molecular formula is C13H9N3O3. The number of carbonyl (C=O) groups is 1. The number of benzene rings is 1. The predicted molar refractivity (Wildman–Crippen MR) is 67.5 cm³/mol. The molecule has 6 heteroatoms. The van der Waals surface area contributed by atoms with Crippen LogP contribution in [0.2, 0.25) is 0 Å². The molecule has 0 unspecified atom stereocenters. The van der Waals surface area contributed by atoms with Crippen LogP contribution in [-0.4, -0.2) is 30.9 Å². The van der Waals surface area contributed by atoms with Crippen molar-refractivity contribution in [1.82, 2.24) is 14.8 Å². The van der Waals surface area contributed by atoms with Gasteiger partial charge in [-0.25, -0.2) is 14.5 Å². The number of hydrogen-bond donors (Lipinski definition) is 2. The Kier molecular flexibility index (Phi) is 2.42. The molecule has 2 heterocycles. The molecule has 0 radical (unpaired) electrons. The number of carboxylic acids is 1. The van der Waals surface area contributed by atoms with Gasteiger partial charge < -0.3 is 10.2 Å². The van der Waals surface area contributed by atoms with Crippen LogP contribution < -0.4 is 0 Å². The van der Waals surface area contributed by atoms with E-state index in [-0.39, 0.29) is 17.1 Å². The Morgan fingerprint density at radius 2 is 2.11 bits per heavy atom. The van der Waals surface area contributed by atoms with Crippen LogP contribution in [0.25, 0.3) is 16.7 Å². The summed E-state index contributed by atoms with van der Waals surface area (Å²) in [5, 5.41) is 23.5. The maximum Gasteiger partial charge on any atom is 0.339 e. The Morgan fingerprint density at radius 1 is 1.26 bits per heavy atom. The van der Waals surface area contributed by atoms with Gasteiger partial charge >= 0.3 is 5.97 Å². The summed E-state index contributed by atoms with van der Waals surface area (Å²) in [4.78, 5) is 15.2. The van der Waals surface area contributed by atoms with E-state index in [9.17, 15) is 9.90 Å². The molecule has 0 saturated carbocycles. The topological polar surface area (TPSA) is 88.2 Å². The Morgan fingerprint density at radius 3 is 2.89 bits per heavy atom. The summed E-state index contributed by atoms with van der Waals surface area (Å²) in [7, 11) is 0. The molecule has 1 aromatic carbocycles. The number of phenolic OH excluding ortho intramolecular Hbond substituents is 1. The maximum absolute atomic E-state index is 11.1. The fraction of sp³-hybridized carbons (Fsp3) is 0. The molecule has 0 bridgehead atoms. The number of aromatic carboxylic acids is 1. The van der Waals surface area contributed by atoms with Crippen molar-refractivity contribution in [3.8, 4) is 11.6 Å². The summed E-state index contributed by atoms with van der Waals surface area (Å²) in [6.45, 7) is 0. The Bertz CT molecular complexity index is 780. The minimum atomic E-state index is -1.06. The summed E-state index contributed by atoms with van der Waals surface area (Å²) in [6.07, 6.45) is 3.13. The van der Waals surface area contributed by atoms with Crippen molar-refractivity contribution in [1.29, 1.82) is 0 Å². The van der Waals surface area contributed by atoms with Crippen molar-refractivity contribution < 1.29 is 15.0 Å². The van der Waals surface area contributed by atoms with E-state index in [2.05, 4.69) is 10.1 Å². The predicted octanol–water partition coefficient (Wildman–Crippen LogP) is 1.82. The number of phenols is 1. The molecule has 0 spiro atoms. The molecule has 0 aliphatic carbocycles. The van der Waals surface area contributed by atoms with Crippen molar-refractivity contribution in [2.75, 3.05) is 0 Å². The second kappa shape index (κ2) is 4.09. The lowest BCUT2D eigenvalue weighted by molar-refractivity contribution is 0.0696.